The van der Waals surface area contributed by atoms with E-state index in [2.05, 4.69) is 5.32 Å². The molecule has 3 nitrogen and oxygen atoms in total. The first-order valence-corrected chi connectivity index (χ1v) is 3.58. The van der Waals surface area contributed by atoms with Gasteiger partial charge in [0.05, 0.1) is 0 Å². The van der Waals surface area contributed by atoms with Gasteiger partial charge < -0.3 is 10.1 Å². The van der Waals surface area contributed by atoms with E-state index in [-0.39, 0.29) is 5.91 Å². The first-order valence-electron chi connectivity index (χ1n) is 3.58. The Kier molecular flexibility index (Phi) is 2.68. The minimum Gasteiger partial charge on any atom is -0.384 e. The van der Waals surface area contributed by atoms with Crippen molar-refractivity contribution >= 4 is 5.91 Å². The molecule has 0 saturated carbocycles. The van der Waals surface area contributed by atoms with Gasteiger partial charge in [0.15, 0.2) is 0 Å². The Labute approximate surface area is 60.7 Å². The molecule has 1 aliphatic heterocycles. The Morgan fingerprint density at radius 2 is 2.60 bits per heavy atom. The summed E-state index contributed by atoms with van der Waals surface area (Å²) in [6.07, 6.45) is 1.69. The van der Waals surface area contributed by atoms with Crippen molar-refractivity contribution in [2.45, 2.75) is 12.8 Å². The lowest BCUT2D eigenvalue weighted by Gasteiger charge is -2.20. The van der Waals surface area contributed by atoms with Gasteiger partial charge in [-0.1, -0.05) is 0 Å². The lowest BCUT2D eigenvalue weighted by Crippen LogP contribution is -2.34. The topological polar surface area (TPSA) is 38.3 Å². The Hall–Kier alpha value is -0.570. The molecule has 1 fully saturated rings. The molecule has 0 aromatic carbocycles. The van der Waals surface area contributed by atoms with E-state index in [4.69, 9.17) is 4.74 Å². The van der Waals surface area contributed by atoms with Crippen LogP contribution in [0.15, 0.2) is 0 Å². The van der Waals surface area contributed by atoms with Crippen LogP contribution >= 0.6 is 0 Å². The van der Waals surface area contributed by atoms with E-state index in [0.717, 1.165) is 13.0 Å². The highest BCUT2D eigenvalue weighted by atomic mass is 16.5. The van der Waals surface area contributed by atoms with Gasteiger partial charge in [0.1, 0.15) is 0 Å². The molecule has 1 rings (SSSR count). The van der Waals surface area contributed by atoms with Crippen molar-refractivity contribution in [3.8, 4) is 0 Å². The molecule has 1 heterocycles. The molecule has 0 aromatic rings. The molecule has 0 radical (unpaired) electrons. The zero-order valence-electron chi connectivity index (χ0n) is 6.22. The van der Waals surface area contributed by atoms with Crippen molar-refractivity contribution in [2.75, 3.05) is 20.3 Å². The molecule has 0 aromatic heterocycles. The van der Waals surface area contributed by atoms with Crippen LogP contribution in [0.25, 0.3) is 0 Å². The summed E-state index contributed by atoms with van der Waals surface area (Å²) in [6, 6.07) is 0. The second-order valence-corrected chi connectivity index (χ2v) is 2.66. The maximum Gasteiger partial charge on any atom is 0.220 e. The van der Waals surface area contributed by atoms with Gasteiger partial charge in [-0.25, -0.2) is 0 Å². The average molecular weight is 143 g/mol. The fraction of sp³-hybridized carbons (Fsp3) is 0.857. The van der Waals surface area contributed by atoms with Gasteiger partial charge in [-0.3, -0.25) is 4.79 Å². The highest BCUT2D eigenvalue weighted by molar-refractivity contribution is 5.76. The van der Waals surface area contributed by atoms with Crippen molar-refractivity contribution in [1.82, 2.24) is 5.32 Å². The van der Waals surface area contributed by atoms with Crippen LogP contribution in [0.3, 0.4) is 0 Å². The maximum absolute atomic E-state index is 10.8. The molecule has 1 unspecified atom stereocenters. The van der Waals surface area contributed by atoms with Gasteiger partial charge in [-0.2, -0.15) is 0 Å². The summed E-state index contributed by atoms with van der Waals surface area (Å²) in [7, 11) is 1.67. The molecule has 0 bridgehead atoms. The first kappa shape index (κ1) is 7.54. The van der Waals surface area contributed by atoms with Crippen LogP contribution in [0, 0.1) is 5.92 Å². The molecule has 3 heteroatoms. The summed E-state index contributed by atoms with van der Waals surface area (Å²) >= 11 is 0. The molecular formula is C7H13NO2. The fourth-order valence-corrected chi connectivity index (χ4v) is 1.23. The number of carbonyl (C=O) groups excluding carboxylic acids is 1. The minimum absolute atomic E-state index is 0.160. The number of piperidine rings is 1. The molecule has 58 valence electrons. The Balaban J connectivity index is 2.25. The normalized spacial score (nSPS) is 26.1. The van der Waals surface area contributed by atoms with Crippen molar-refractivity contribution in [2.24, 2.45) is 5.92 Å². The second-order valence-electron chi connectivity index (χ2n) is 2.66. The molecule has 0 aliphatic carbocycles. The van der Waals surface area contributed by atoms with Crippen molar-refractivity contribution in [3.05, 3.63) is 0 Å². The van der Waals surface area contributed by atoms with E-state index < -0.39 is 0 Å². The third-order valence-electron chi connectivity index (χ3n) is 1.75. The van der Waals surface area contributed by atoms with E-state index >= 15 is 0 Å². The summed E-state index contributed by atoms with van der Waals surface area (Å²) in [4.78, 5) is 10.8. The highest BCUT2D eigenvalue weighted by Crippen LogP contribution is 2.11. The van der Waals surface area contributed by atoms with Gasteiger partial charge in [0, 0.05) is 26.7 Å². The predicted molar refractivity (Wildman–Crippen MR) is 37.6 cm³/mol. The van der Waals surface area contributed by atoms with Gasteiger partial charge in [0.2, 0.25) is 5.91 Å². The molecule has 1 saturated heterocycles. The molecule has 10 heavy (non-hydrogen) atoms. The SMILES string of the molecule is COCC1CCNC(=O)C1. The van der Waals surface area contributed by atoms with Crippen LogP contribution in [-0.2, 0) is 9.53 Å². The van der Waals surface area contributed by atoms with Crippen LogP contribution in [0.2, 0.25) is 0 Å². The van der Waals surface area contributed by atoms with Gasteiger partial charge in [0.25, 0.3) is 0 Å². The van der Waals surface area contributed by atoms with Crippen LogP contribution < -0.4 is 5.32 Å². The lowest BCUT2D eigenvalue weighted by atomic mass is 9.99. The number of rotatable bonds is 2. The van der Waals surface area contributed by atoms with E-state index in [1.807, 2.05) is 0 Å². The second kappa shape index (κ2) is 3.56. The summed E-state index contributed by atoms with van der Waals surface area (Å²) in [5, 5.41) is 2.78. The van der Waals surface area contributed by atoms with Crippen LogP contribution in [0.4, 0.5) is 0 Å². The van der Waals surface area contributed by atoms with Crippen molar-refractivity contribution in [1.29, 1.82) is 0 Å². The number of amides is 1. The number of hydrogen-bond acceptors (Lipinski definition) is 2. The zero-order valence-corrected chi connectivity index (χ0v) is 6.22. The Morgan fingerprint density at radius 1 is 1.80 bits per heavy atom. The zero-order chi connectivity index (χ0) is 7.40. The monoisotopic (exact) mass is 143 g/mol. The summed E-state index contributed by atoms with van der Waals surface area (Å²) in [6.45, 7) is 1.53. The van der Waals surface area contributed by atoms with Crippen LogP contribution in [0.5, 0.6) is 0 Å². The summed E-state index contributed by atoms with van der Waals surface area (Å²) in [5.74, 6) is 0.604. The lowest BCUT2D eigenvalue weighted by molar-refractivity contribution is -0.124. The van der Waals surface area contributed by atoms with E-state index in [0.29, 0.717) is 18.9 Å². The molecule has 1 aliphatic rings. The number of methoxy groups -OCH3 is 1. The van der Waals surface area contributed by atoms with E-state index in [1.165, 1.54) is 0 Å². The highest BCUT2D eigenvalue weighted by Gasteiger charge is 2.17. The Morgan fingerprint density at radius 3 is 3.20 bits per heavy atom. The van der Waals surface area contributed by atoms with Crippen LogP contribution in [0.1, 0.15) is 12.8 Å². The molecule has 1 N–H and O–H groups in total. The summed E-state index contributed by atoms with van der Waals surface area (Å²) < 4.78 is 4.95. The maximum atomic E-state index is 10.8. The predicted octanol–water partition coefficient (Wildman–Crippen LogP) is 0.159. The Bertz CT molecular complexity index is 123. The standard InChI is InChI=1S/C7H13NO2/c1-10-5-6-2-3-8-7(9)4-6/h6H,2-5H2,1H3,(H,8,9). The van der Waals surface area contributed by atoms with Crippen molar-refractivity contribution < 1.29 is 9.53 Å². The van der Waals surface area contributed by atoms with E-state index in [1.54, 1.807) is 7.11 Å². The average Bonchev–Trinajstić information content (AvgIpc) is 1.88. The largest absolute Gasteiger partial charge is 0.384 e. The van der Waals surface area contributed by atoms with Crippen molar-refractivity contribution in [3.63, 3.8) is 0 Å². The quantitative estimate of drug-likeness (QED) is 0.598. The van der Waals surface area contributed by atoms with Crippen LogP contribution in [-0.4, -0.2) is 26.2 Å². The number of nitrogens with one attached hydrogen (secondary N) is 1. The molecule has 1 amide bonds. The summed E-state index contributed by atoms with van der Waals surface area (Å²) in [5.41, 5.74) is 0. The third kappa shape index (κ3) is 1.99. The number of ether oxygens (including phenoxy) is 1. The minimum atomic E-state index is 0.160. The number of carbonyl (C=O) groups is 1. The molecule has 1 atom stereocenters. The van der Waals surface area contributed by atoms with Gasteiger partial charge in [-0.15, -0.1) is 0 Å². The van der Waals surface area contributed by atoms with E-state index in [9.17, 15) is 4.79 Å². The molecule has 0 spiro atoms. The smallest absolute Gasteiger partial charge is 0.220 e. The fourth-order valence-electron chi connectivity index (χ4n) is 1.23. The first-order chi connectivity index (χ1) is 4.83. The number of hydrogen-bond donors (Lipinski definition) is 1. The van der Waals surface area contributed by atoms with Gasteiger partial charge in [-0.05, 0) is 12.3 Å². The van der Waals surface area contributed by atoms with Gasteiger partial charge >= 0.3 is 0 Å². The molecular weight excluding hydrogens is 130 g/mol. The third-order valence-corrected chi connectivity index (χ3v) is 1.75.